The van der Waals surface area contributed by atoms with Gasteiger partial charge in [0.1, 0.15) is 0 Å². The van der Waals surface area contributed by atoms with Gasteiger partial charge < -0.3 is 10.1 Å². The Morgan fingerprint density at radius 2 is 1.42 bits per heavy atom. The van der Waals surface area contributed by atoms with Crippen molar-refractivity contribution in [2.45, 2.75) is 97.5 Å². The molecule has 0 saturated heterocycles. The third-order valence-corrected chi connectivity index (χ3v) is 7.72. The maximum absolute atomic E-state index is 6.38. The monoisotopic (exact) mass is 363 g/mol. The highest BCUT2D eigenvalue weighted by Gasteiger charge is 2.48. The molecular formula is C24H45NO. The molecule has 4 bridgehead atoms. The Balaban J connectivity index is 1.18. The molecule has 4 saturated carbocycles. The van der Waals surface area contributed by atoms with E-state index in [2.05, 4.69) is 26.1 Å². The molecular weight excluding hydrogens is 318 g/mol. The van der Waals surface area contributed by atoms with E-state index < -0.39 is 0 Å². The Hall–Kier alpha value is -0.0800. The number of rotatable bonds is 13. The molecule has 26 heavy (non-hydrogen) atoms. The van der Waals surface area contributed by atoms with Crippen molar-refractivity contribution in [2.75, 3.05) is 19.7 Å². The molecule has 2 unspecified atom stereocenters. The van der Waals surface area contributed by atoms with E-state index in [0.29, 0.717) is 6.10 Å². The molecule has 0 aromatic heterocycles. The Kier molecular flexibility index (Phi) is 8.31. The summed E-state index contributed by atoms with van der Waals surface area (Å²) >= 11 is 0. The van der Waals surface area contributed by atoms with E-state index in [1.165, 1.54) is 70.6 Å². The van der Waals surface area contributed by atoms with Crippen LogP contribution < -0.4 is 5.32 Å². The molecule has 2 heteroatoms. The van der Waals surface area contributed by atoms with E-state index in [4.69, 9.17) is 4.74 Å². The predicted molar refractivity (Wildman–Crippen MR) is 111 cm³/mol. The first-order valence-corrected chi connectivity index (χ1v) is 12.0. The van der Waals surface area contributed by atoms with Gasteiger partial charge in [-0.1, -0.05) is 52.9 Å². The Morgan fingerprint density at radius 1 is 0.808 bits per heavy atom. The van der Waals surface area contributed by atoms with E-state index >= 15 is 0 Å². The highest BCUT2D eigenvalue weighted by atomic mass is 16.5. The zero-order valence-electron chi connectivity index (χ0n) is 17.8. The maximum Gasteiger partial charge on any atom is 0.0632 e. The van der Waals surface area contributed by atoms with Crippen LogP contribution in [-0.2, 0) is 4.74 Å². The summed E-state index contributed by atoms with van der Waals surface area (Å²) in [5.41, 5.74) is 0. The van der Waals surface area contributed by atoms with E-state index in [0.717, 1.165) is 55.2 Å². The van der Waals surface area contributed by atoms with Crippen LogP contribution in [-0.4, -0.2) is 25.8 Å². The second-order valence-corrected chi connectivity index (χ2v) is 10.2. The summed E-state index contributed by atoms with van der Waals surface area (Å²) in [6.45, 7) is 10.3. The topological polar surface area (TPSA) is 21.3 Å². The van der Waals surface area contributed by atoms with Crippen LogP contribution in [0, 0.1) is 35.5 Å². The summed E-state index contributed by atoms with van der Waals surface area (Å²) in [5.74, 6) is 5.71. The van der Waals surface area contributed by atoms with Crippen LogP contribution in [0.5, 0.6) is 0 Å². The van der Waals surface area contributed by atoms with Gasteiger partial charge in [0.25, 0.3) is 0 Å². The summed E-state index contributed by atoms with van der Waals surface area (Å²) in [7, 11) is 0. The molecule has 2 atom stereocenters. The van der Waals surface area contributed by atoms with Crippen molar-refractivity contribution >= 4 is 0 Å². The second-order valence-electron chi connectivity index (χ2n) is 10.2. The molecule has 0 heterocycles. The molecule has 0 aromatic carbocycles. The standard InChI is InChI=1S/C24H45NO/c1-4-6-18(2)7-5-8-19(3)9-10-25-11-12-26-24-22-14-20-13-21(16-22)17-23(24)15-20/h18-25H,4-17H2,1-3H3. The number of nitrogens with one attached hydrogen (secondary N) is 1. The Labute approximate surface area is 163 Å². The highest BCUT2D eigenvalue weighted by molar-refractivity contribution is 4.98. The van der Waals surface area contributed by atoms with Gasteiger partial charge in [-0.15, -0.1) is 0 Å². The third-order valence-electron chi connectivity index (χ3n) is 7.72. The number of ether oxygens (including phenoxy) is 1. The maximum atomic E-state index is 6.38. The molecule has 2 nitrogen and oxygen atoms in total. The minimum atomic E-state index is 0.605. The summed E-state index contributed by atoms with van der Waals surface area (Å²) < 4.78 is 6.38. The molecule has 1 N–H and O–H groups in total. The quantitative estimate of drug-likeness (QED) is 0.402. The van der Waals surface area contributed by atoms with Crippen LogP contribution in [0.3, 0.4) is 0 Å². The zero-order valence-corrected chi connectivity index (χ0v) is 17.8. The van der Waals surface area contributed by atoms with Crippen LogP contribution in [0.4, 0.5) is 0 Å². The SMILES string of the molecule is CCCC(C)CCCC(C)CCNCCOC1C2CC3CC(C2)CC1C3. The van der Waals surface area contributed by atoms with E-state index in [1.807, 2.05) is 0 Å². The lowest BCUT2D eigenvalue weighted by Gasteiger charge is -2.54. The van der Waals surface area contributed by atoms with Crippen molar-refractivity contribution in [2.24, 2.45) is 35.5 Å². The first-order chi connectivity index (χ1) is 12.7. The van der Waals surface area contributed by atoms with Gasteiger partial charge >= 0.3 is 0 Å². The molecule has 152 valence electrons. The summed E-state index contributed by atoms with van der Waals surface area (Å²) in [6, 6.07) is 0. The average molecular weight is 364 g/mol. The van der Waals surface area contributed by atoms with Gasteiger partial charge in [0.2, 0.25) is 0 Å². The summed E-state index contributed by atoms with van der Waals surface area (Å²) in [6.07, 6.45) is 16.3. The molecule has 0 radical (unpaired) electrons. The molecule has 0 amide bonds. The highest BCUT2D eigenvalue weighted by Crippen LogP contribution is 2.54. The molecule has 0 aliphatic heterocycles. The second kappa shape index (κ2) is 10.5. The van der Waals surface area contributed by atoms with Gasteiger partial charge in [0, 0.05) is 6.54 Å². The van der Waals surface area contributed by atoms with E-state index in [9.17, 15) is 0 Å². The van der Waals surface area contributed by atoms with Crippen LogP contribution in [0.2, 0.25) is 0 Å². The lowest BCUT2D eigenvalue weighted by Crippen LogP contribution is -2.49. The smallest absolute Gasteiger partial charge is 0.0632 e. The first-order valence-electron chi connectivity index (χ1n) is 12.0. The van der Waals surface area contributed by atoms with Gasteiger partial charge in [0.05, 0.1) is 12.7 Å². The molecule has 4 aliphatic rings. The third kappa shape index (κ3) is 5.96. The Bertz CT molecular complexity index is 368. The predicted octanol–water partition coefficient (Wildman–Crippen LogP) is 6.05. The average Bonchev–Trinajstić information content (AvgIpc) is 2.59. The Morgan fingerprint density at radius 3 is 2.04 bits per heavy atom. The molecule has 0 spiro atoms. The van der Waals surface area contributed by atoms with Crippen molar-refractivity contribution < 1.29 is 4.74 Å². The fourth-order valence-corrected chi connectivity index (χ4v) is 6.48. The van der Waals surface area contributed by atoms with Gasteiger partial charge in [-0.2, -0.15) is 0 Å². The fourth-order valence-electron chi connectivity index (χ4n) is 6.48. The lowest BCUT2D eigenvalue weighted by atomic mass is 9.55. The van der Waals surface area contributed by atoms with Crippen molar-refractivity contribution in [3.8, 4) is 0 Å². The summed E-state index contributed by atoms with van der Waals surface area (Å²) in [4.78, 5) is 0. The van der Waals surface area contributed by atoms with Crippen molar-refractivity contribution in [1.82, 2.24) is 5.32 Å². The van der Waals surface area contributed by atoms with Gasteiger partial charge in [0.15, 0.2) is 0 Å². The van der Waals surface area contributed by atoms with Crippen molar-refractivity contribution in [3.05, 3.63) is 0 Å². The first kappa shape index (κ1) is 20.6. The fraction of sp³-hybridized carbons (Fsp3) is 1.00. The van der Waals surface area contributed by atoms with Crippen LogP contribution >= 0.6 is 0 Å². The van der Waals surface area contributed by atoms with Gasteiger partial charge in [-0.05, 0) is 80.6 Å². The van der Waals surface area contributed by atoms with Crippen molar-refractivity contribution in [1.29, 1.82) is 0 Å². The molecule has 4 aliphatic carbocycles. The van der Waals surface area contributed by atoms with Crippen LogP contribution in [0.15, 0.2) is 0 Å². The van der Waals surface area contributed by atoms with E-state index in [1.54, 1.807) is 0 Å². The lowest BCUT2D eigenvalue weighted by molar-refractivity contribution is -0.125. The van der Waals surface area contributed by atoms with Gasteiger partial charge in [-0.25, -0.2) is 0 Å². The largest absolute Gasteiger partial charge is 0.376 e. The zero-order chi connectivity index (χ0) is 18.4. The molecule has 4 fully saturated rings. The van der Waals surface area contributed by atoms with Gasteiger partial charge in [-0.3, -0.25) is 0 Å². The van der Waals surface area contributed by atoms with E-state index in [-0.39, 0.29) is 0 Å². The van der Waals surface area contributed by atoms with Crippen LogP contribution in [0.25, 0.3) is 0 Å². The van der Waals surface area contributed by atoms with Crippen LogP contribution in [0.1, 0.15) is 91.4 Å². The molecule has 0 aromatic rings. The minimum absolute atomic E-state index is 0.605. The van der Waals surface area contributed by atoms with Crippen molar-refractivity contribution in [3.63, 3.8) is 0 Å². The normalized spacial score (nSPS) is 35.0. The minimum Gasteiger partial charge on any atom is -0.376 e. The number of hydrogen-bond donors (Lipinski definition) is 1. The number of hydrogen-bond acceptors (Lipinski definition) is 2. The summed E-state index contributed by atoms with van der Waals surface area (Å²) in [5, 5.41) is 3.63. The molecule has 4 rings (SSSR count).